The second-order valence-electron chi connectivity index (χ2n) is 2.88. The zero-order valence-corrected chi connectivity index (χ0v) is 8.21. The summed E-state index contributed by atoms with van der Waals surface area (Å²) in [6, 6.07) is 2.28. The summed E-state index contributed by atoms with van der Waals surface area (Å²) in [6.07, 6.45) is 1.76. The van der Waals surface area contributed by atoms with Gasteiger partial charge < -0.3 is 10.1 Å². The number of H-pyrrole nitrogens is 1. The lowest BCUT2D eigenvalue weighted by Crippen LogP contribution is -2.23. The molecule has 1 heterocycles. The molecule has 0 fully saturated rings. The smallest absolute Gasteiger partial charge is 0.0590 e. The highest BCUT2D eigenvalue weighted by Crippen LogP contribution is 2.05. The molecule has 4 heteroatoms. The van der Waals surface area contributed by atoms with Gasteiger partial charge in [-0.15, -0.1) is 0 Å². The molecule has 0 radical (unpaired) electrons. The molecule has 0 spiro atoms. The van der Waals surface area contributed by atoms with Crippen LogP contribution in [0, 0.1) is 0 Å². The van der Waals surface area contributed by atoms with Gasteiger partial charge in [0.15, 0.2) is 0 Å². The Labute approximate surface area is 78.7 Å². The third kappa shape index (κ3) is 3.57. The van der Waals surface area contributed by atoms with Gasteiger partial charge in [-0.05, 0) is 19.9 Å². The van der Waals surface area contributed by atoms with Gasteiger partial charge in [0.05, 0.1) is 12.3 Å². The number of aromatic nitrogens is 2. The van der Waals surface area contributed by atoms with Crippen LogP contribution in [0.4, 0.5) is 0 Å². The molecule has 0 aliphatic carbocycles. The van der Waals surface area contributed by atoms with Gasteiger partial charge in [0.2, 0.25) is 0 Å². The van der Waals surface area contributed by atoms with Crippen molar-refractivity contribution >= 4 is 0 Å². The van der Waals surface area contributed by atoms with Crippen molar-refractivity contribution in [2.24, 2.45) is 0 Å². The van der Waals surface area contributed by atoms with Gasteiger partial charge in [0.25, 0.3) is 0 Å². The number of rotatable bonds is 6. The quantitative estimate of drug-likeness (QED) is 0.649. The van der Waals surface area contributed by atoms with E-state index >= 15 is 0 Å². The zero-order valence-electron chi connectivity index (χ0n) is 8.21. The van der Waals surface area contributed by atoms with Crippen molar-refractivity contribution in [3.8, 4) is 0 Å². The highest BCUT2D eigenvalue weighted by atomic mass is 16.5. The number of hydrogen-bond acceptors (Lipinski definition) is 3. The van der Waals surface area contributed by atoms with Crippen LogP contribution in [0.15, 0.2) is 12.3 Å². The first kappa shape index (κ1) is 10.2. The molecule has 0 bridgehead atoms. The Bertz CT molecular complexity index is 211. The fraction of sp³-hybridized carbons (Fsp3) is 0.667. The summed E-state index contributed by atoms with van der Waals surface area (Å²) in [5.74, 6) is 0. The molecule has 1 aromatic rings. The zero-order chi connectivity index (χ0) is 9.52. The molecule has 2 N–H and O–H groups in total. The van der Waals surface area contributed by atoms with Crippen LogP contribution in [-0.2, 0) is 4.74 Å². The molecule has 0 saturated heterocycles. The fourth-order valence-corrected chi connectivity index (χ4v) is 1.11. The maximum Gasteiger partial charge on any atom is 0.0590 e. The van der Waals surface area contributed by atoms with Crippen LogP contribution < -0.4 is 5.32 Å². The average molecular weight is 183 g/mol. The van der Waals surface area contributed by atoms with Gasteiger partial charge in [0, 0.05) is 25.4 Å². The molecule has 1 aromatic heterocycles. The Morgan fingerprint density at radius 2 is 2.54 bits per heavy atom. The molecular weight excluding hydrogens is 166 g/mol. The van der Waals surface area contributed by atoms with Gasteiger partial charge in [0.1, 0.15) is 0 Å². The normalized spacial score (nSPS) is 13.1. The van der Waals surface area contributed by atoms with Crippen molar-refractivity contribution in [2.75, 3.05) is 19.8 Å². The summed E-state index contributed by atoms with van der Waals surface area (Å²) in [6.45, 7) is 6.50. The van der Waals surface area contributed by atoms with Crippen molar-refractivity contribution in [1.82, 2.24) is 15.5 Å². The Morgan fingerprint density at radius 1 is 1.69 bits per heavy atom. The highest BCUT2D eigenvalue weighted by Gasteiger charge is 2.03. The highest BCUT2D eigenvalue weighted by molar-refractivity contribution is 5.02. The van der Waals surface area contributed by atoms with Crippen molar-refractivity contribution in [3.05, 3.63) is 18.0 Å². The first-order valence-electron chi connectivity index (χ1n) is 4.65. The summed E-state index contributed by atoms with van der Waals surface area (Å²) < 4.78 is 5.21. The molecule has 1 unspecified atom stereocenters. The van der Waals surface area contributed by atoms with E-state index in [1.54, 1.807) is 6.20 Å². The Balaban J connectivity index is 2.15. The Hall–Kier alpha value is -0.870. The van der Waals surface area contributed by atoms with Gasteiger partial charge in [-0.1, -0.05) is 0 Å². The number of nitrogens with zero attached hydrogens (tertiary/aromatic N) is 1. The summed E-state index contributed by atoms with van der Waals surface area (Å²) >= 11 is 0. The van der Waals surface area contributed by atoms with Crippen LogP contribution in [0.2, 0.25) is 0 Å². The number of aromatic amines is 1. The van der Waals surface area contributed by atoms with Gasteiger partial charge in [-0.3, -0.25) is 5.10 Å². The topological polar surface area (TPSA) is 49.9 Å². The van der Waals surface area contributed by atoms with Crippen molar-refractivity contribution < 1.29 is 4.74 Å². The van der Waals surface area contributed by atoms with Crippen LogP contribution >= 0.6 is 0 Å². The minimum Gasteiger partial charge on any atom is -0.380 e. The number of ether oxygens (including phenoxy) is 1. The van der Waals surface area contributed by atoms with Gasteiger partial charge >= 0.3 is 0 Å². The predicted octanol–water partition coefficient (Wildman–Crippen LogP) is 1.10. The van der Waals surface area contributed by atoms with Crippen LogP contribution in [0.1, 0.15) is 25.6 Å². The first-order valence-corrected chi connectivity index (χ1v) is 4.65. The van der Waals surface area contributed by atoms with E-state index in [2.05, 4.69) is 22.4 Å². The van der Waals surface area contributed by atoms with E-state index in [9.17, 15) is 0 Å². The summed E-state index contributed by atoms with van der Waals surface area (Å²) in [5, 5.41) is 10.1. The van der Waals surface area contributed by atoms with Gasteiger partial charge in [-0.25, -0.2) is 0 Å². The minimum absolute atomic E-state index is 0.308. The summed E-state index contributed by atoms with van der Waals surface area (Å²) in [7, 11) is 0. The van der Waals surface area contributed by atoms with Crippen LogP contribution in [0.5, 0.6) is 0 Å². The molecule has 0 aromatic carbocycles. The maximum absolute atomic E-state index is 5.21. The molecule has 4 nitrogen and oxygen atoms in total. The predicted molar refractivity (Wildman–Crippen MR) is 51.5 cm³/mol. The molecular formula is C9H17N3O. The molecule has 0 aliphatic heterocycles. The van der Waals surface area contributed by atoms with Crippen molar-refractivity contribution in [1.29, 1.82) is 0 Å². The fourth-order valence-electron chi connectivity index (χ4n) is 1.11. The average Bonchev–Trinajstić information content (AvgIpc) is 2.65. The third-order valence-corrected chi connectivity index (χ3v) is 1.89. The van der Waals surface area contributed by atoms with E-state index in [1.165, 1.54) is 0 Å². The van der Waals surface area contributed by atoms with E-state index in [-0.39, 0.29) is 0 Å². The van der Waals surface area contributed by atoms with Crippen LogP contribution in [-0.4, -0.2) is 30.0 Å². The molecule has 1 atom stereocenters. The summed E-state index contributed by atoms with van der Waals surface area (Å²) in [4.78, 5) is 0. The van der Waals surface area contributed by atoms with E-state index in [0.717, 1.165) is 25.5 Å². The Morgan fingerprint density at radius 3 is 3.15 bits per heavy atom. The minimum atomic E-state index is 0.308. The summed E-state index contributed by atoms with van der Waals surface area (Å²) in [5.41, 5.74) is 1.11. The standard InChI is InChI=1S/C9H17N3O/c1-3-13-7-6-10-8(2)9-4-5-11-12-9/h4-5,8,10H,3,6-7H2,1-2H3,(H,11,12). The van der Waals surface area contributed by atoms with Crippen molar-refractivity contribution in [2.45, 2.75) is 19.9 Å². The monoisotopic (exact) mass is 183 g/mol. The van der Waals surface area contributed by atoms with Crippen LogP contribution in [0.25, 0.3) is 0 Å². The van der Waals surface area contributed by atoms with E-state index in [4.69, 9.17) is 4.74 Å². The lowest BCUT2D eigenvalue weighted by molar-refractivity contribution is 0.147. The maximum atomic E-state index is 5.21. The molecule has 74 valence electrons. The van der Waals surface area contributed by atoms with E-state index in [1.807, 2.05) is 13.0 Å². The van der Waals surface area contributed by atoms with Gasteiger partial charge in [-0.2, -0.15) is 5.10 Å². The van der Waals surface area contributed by atoms with E-state index < -0.39 is 0 Å². The largest absolute Gasteiger partial charge is 0.380 e. The van der Waals surface area contributed by atoms with Crippen molar-refractivity contribution in [3.63, 3.8) is 0 Å². The van der Waals surface area contributed by atoms with E-state index in [0.29, 0.717) is 6.04 Å². The molecule has 1 rings (SSSR count). The van der Waals surface area contributed by atoms with Crippen LogP contribution in [0.3, 0.4) is 0 Å². The Kier molecular flexibility index (Phi) is 4.49. The first-order chi connectivity index (χ1) is 6.34. The SMILES string of the molecule is CCOCCNC(C)c1ccn[nH]1. The molecule has 0 saturated carbocycles. The molecule has 0 aliphatic rings. The lowest BCUT2D eigenvalue weighted by Gasteiger charge is -2.11. The number of hydrogen-bond donors (Lipinski definition) is 2. The second-order valence-corrected chi connectivity index (χ2v) is 2.88. The molecule has 0 amide bonds. The molecule has 13 heavy (non-hydrogen) atoms. The third-order valence-electron chi connectivity index (χ3n) is 1.89. The second kappa shape index (κ2) is 5.72. The lowest BCUT2D eigenvalue weighted by atomic mass is 10.2. The number of nitrogens with one attached hydrogen (secondary N) is 2.